The van der Waals surface area contributed by atoms with Gasteiger partial charge in [0.2, 0.25) is 0 Å². The number of nitro groups is 1. The molecule has 1 N–H and O–H groups in total. The summed E-state index contributed by atoms with van der Waals surface area (Å²) >= 11 is 0. The highest BCUT2D eigenvalue weighted by Crippen LogP contribution is 2.25. The van der Waals surface area contributed by atoms with Crippen LogP contribution in [0.2, 0.25) is 0 Å². The van der Waals surface area contributed by atoms with Crippen LogP contribution in [0.25, 0.3) is 10.9 Å². The number of aromatic nitrogens is 1. The van der Waals surface area contributed by atoms with E-state index in [-0.39, 0.29) is 23.4 Å². The Hall–Kier alpha value is -4.46. The monoisotopic (exact) mass is 443 g/mol. The summed E-state index contributed by atoms with van der Waals surface area (Å²) in [4.78, 5) is 41.2. The number of pyridine rings is 1. The second-order valence-electron chi connectivity index (χ2n) is 7.61. The fraction of sp³-hybridized carbons (Fsp3) is 0.120. The molecule has 0 radical (unpaired) electrons. The van der Waals surface area contributed by atoms with Gasteiger partial charge in [-0.05, 0) is 60.3 Å². The number of hydrogen-bond donors (Lipinski definition) is 1. The number of aromatic amines is 1. The number of carbonyl (C=O) groups is 1. The van der Waals surface area contributed by atoms with E-state index in [1.807, 2.05) is 25.1 Å². The zero-order chi connectivity index (χ0) is 23.5. The number of fused-ring (bicyclic) bond motifs is 1. The van der Waals surface area contributed by atoms with Gasteiger partial charge in [-0.25, -0.2) is 0 Å². The van der Waals surface area contributed by atoms with Crippen LogP contribution in [-0.4, -0.2) is 22.9 Å². The minimum Gasteiger partial charge on any atom is -0.497 e. The number of non-ortho nitro benzene ring substituents is 1. The van der Waals surface area contributed by atoms with E-state index in [1.165, 1.54) is 36.3 Å². The number of rotatable bonds is 6. The highest BCUT2D eigenvalue weighted by molar-refractivity contribution is 6.06. The first kappa shape index (κ1) is 21.8. The molecular formula is C25H21N3O5. The number of carbonyl (C=O) groups excluding carboxylic acids is 1. The van der Waals surface area contributed by atoms with E-state index >= 15 is 0 Å². The van der Waals surface area contributed by atoms with Gasteiger partial charge in [0, 0.05) is 34.5 Å². The van der Waals surface area contributed by atoms with E-state index in [2.05, 4.69) is 4.98 Å². The number of hydrogen-bond acceptors (Lipinski definition) is 5. The van der Waals surface area contributed by atoms with Gasteiger partial charge in [0.15, 0.2) is 0 Å². The SMILES string of the molecule is COc1ccc(N(Cc2cc3ccc(C)cc3[nH]c2=O)C(=O)c2cccc([N+](=O)[O-])c2)cc1. The van der Waals surface area contributed by atoms with Crippen LogP contribution in [0.4, 0.5) is 11.4 Å². The van der Waals surface area contributed by atoms with Crippen LogP contribution in [0.15, 0.2) is 77.6 Å². The molecule has 1 heterocycles. The lowest BCUT2D eigenvalue weighted by Gasteiger charge is -2.23. The number of methoxy groups -OCH3 is 1. The van der Waals surface area contributed by atoms with Gasteiger partial charge in [-0.3, -0.25) is 19.7 Å². The predicted molar refractivity (Wildman–Crippen MR) is 126 cm³/mol. The van der Waals surface area contributed by atoms with Crippen molar-refractivity contribution in [2.24, 2.45) is 0 Å². The molecule has 0 atom stereocenters. The second-order valence-corrected chi connectivity index (χ2v) is 7.61. The Labute approximate surface area is 189 Å². The van der Waals surface area contributed by atoms with Gasteiger partial charge in [-0.2, -0.15) is 0 Å². The normalized spacial score (nSPS) is 10.7. The molecule has 8 heteroatoms. The molecule has 0 spiro atoms. The first-order chi connectivity index (χ1) is 15.9. The Morgan fingerprint density at radius 2 is 1.82 bits per heavy atom. The maximum atomic E-state index is 13.5. The molecule has 3 aromatic carbocycles. The average Bonchev–Trinajstić information content (AvgIpc) is 2.82. The fourth-order valence-electron chi connectivity index (χ4n) is 3.60. The molecule has 166 valence electrons. The summed E-state index contributed by atoms with van der Waals surface area (Å²) in [5, 5.41) is 12.0. The van der Waals surface area contributed by atoms with Crippen LogP contribution in [0.3, 0.4) is 0 Å². The topological polar surface area (TPSA) is 106 Å². The molecule has 0 aliphatic carbocycles. The molecule has 1 amide bonds. The number of aryl methyl sites for hydroxylation is 1. The van der Waals surface area contributed by atoms with E-state index < -0.39 is 10.8 Å². The number of anilines is 1. The number of benzene rings is 3. The molecule has 0 aliphatic heterocycles. The average molecular weight is 443 g/mol. The third-order valence-electron chi connectivity index (χ3n) is 5.34. The number of ether oxygens (including phenoxy) is 1. The van der Waals surface area contributed by atoms with Crippen LogP contribution < -0.4 is 15.2 Å². The molecule has 33 heavy (non-hydrogen) atoms. The lowest BCUT2D eigenvalue weighted by Crippen LogP contribution is -2.33. The molecule has 0 saturated carbocycles. The first-order valence-electron chi connectivity index (χ1n) is 10.2. The summed E-state index contributed by atoms with van der Waals surface area (Å²) in [6, 6.07) is 19.8. The smallest absolute Gasteiger partial charge is 0.270 e. The molecular weight excluding hydrogens is 422 g/mol. The highest BCUT2D eigenvalue weighted by atomic mass is 16.6. The number of nitrogens with zero attached hydrogens (tertiary/aromatic N) is 2. The number of nitro benzene ring substituents is 1. The number of H-pyrrole nitrogens is 1. The zero-order valence-corrected chi connectivity index (χ0v) is 18.1. The van der Waals surface area contributed by atoms with Crippen molar-refractivity contribution in [3.05, 3.63) is 110 Å². The van der Waals surface area contributed by atoms with E-state index in [0.717, 1.165) is 10.9 Å². The van der Waals surface area contributed by atoms with E-state index in [9.17, 15) is 19.7 Å². The van der Waals surface area contributed by atoms with E-state index in [1.54, 1.807) is 30.3 Å². The van der Waals surface area contributed by atoms with Crippen molar-refractivity contribution < 1.29 is 14.5 Å². The molecule has 4 rings (SSSR count). The highest BCUT2D eigenvalue weighted by Gasteiger charge is 2.22. The molecule has 0 bridgehead atoms. The zero-order valence-electron chi connectivity index (χ0n) is 18.1. The summed E-state index contributed by atoms with van der Waals surface area (Å²) in [6.07, 6.45) is 0. The summed E-state index contributed by atoms with van der Waals surface area (Å²) in [7, 11) is 1.54. The Kier molecular flexibility index (Phi) is 5.91. The summed E-state index contributed by atoms with van der Waals surface area (Å²) in [5.41, 5.74) is 2.30. The number of nitrogens with one attached hydrogen (secondary N) is 1. The minimum atomic E-state index is -0.551. The van der Waals surface area contributed by atoms with Crippen LogP contribution in [0, 0.1) is 17.0 Å². The largest absolute Gasteiger partial charge is 0.497 e. The van der Waals surface area contributed by atoms with Crippen molar-refractivity contribution in [3.8, 4) is 5.75 Å². The summed E-state index contributed by atoms with van der Waals surface area (Å²) < 4.78 is 5.20. The maximum absolute atomic E-state index is 13.5. The van der Waals surface area contributed by atoms with E-state index in [4.69, 9.17) is 4.74 Å². The molecule has 8 nitrogen and oxygen atoms in total. The molecule has 0 saturated heterocycles. The Bertz CT molecular complexity index is 1410. The van der Waals surface area contributed by atoms with Crippen molar-refractivity contribution >= 4 is 28.2 Å². The summed E-state index contributed by atoms with van der Waals surface area (Å²) in [5.74, 6) is 0.146. The van der Waals surface area contributed by atoms with Crippen LogP contribution in [-0.2, 0) is 6.54 Å². The van der Waals surface area contributed by atoms with Crippen molar-refractivity contribution in [2.75, 3.05) is 12.0 Å². The lowest BCUT2D eigenvalue weighted by atomic mass is 10.1. The standard InChI is InChI=1S/C25H21N3O5/c1-16-6-7-17-13-19(24(29)26-23(17)12-16)15-27(20-8-10-22(33-2)11-9-20)25(30)18-4-3-5-21(14-18)28(31)32/h3-14H,15H2,1-2H3,(H,26,29). The Morgan fingerprint density at radius 1 is 1.06 bits per heavy atom. The van der Waals surface area contributed by atoms with Gasteiger partial charge in [-0.1, -0.05) is 18.2 Å². The lowest BCUT2D eigenvalue weighted by molar-refractivity contribution is -0.384. The number of amides is 1. The molecule has 4 aromatic rings. The quantitative estimate of drug-likeness (QED) is 0.346. The van der Waals surface area contributed by atoms with Crippen molar-refractivity contribution in [2.45, 2.75) is 13.5 Å². The molecule has 0 unspecified atom stereocenters. The van der Waals surface area contributed by atoms with Crippen LogP contribution in [0.5, 0.6) is 5.75 Å². The minimum absolute atomic E-state index is 0.0208. The van der Waals surface area contributed by atoms with Crippen LogP contribution >= 0.6 is 0 Å². The van der Waals surface area contributed by atoms with Gasteiger partial charge in [0.05, 0.1) is 18.6 Å². The van der Waals surface area contributed by atoms with Gasteiger partial charge in [-0.15, -0.1) is 0 Å². The Morgan fingerprint density at radius 3 is 2.52 bits per heavy atom. The molecule has 1 aromatic heterocycles. The van der Waals surface area contributed by atoms with Crippen molar-refractivity contribution in [1.82, 2.24) is 4.98 Å². The molecule has 0 aliphatic rings. The van der Waals surface area contributed by atoms with Gasteiger partial charge in [0.25, 0.3) is 17.2 Å². The first-order valence-corrected chi connectivity index (χ1v) is 10.2. The van der Waals surface area contributed by atoms with Gasteiger partial charge < -0.3 is 14.6 Å². The van der Waals surface area contributed by atoms with Crippen molar-refractivity contribution in [3.63, 3.8) is 0 Å². The van der Waals surface area contributed by atoms with Gasteiger partial charge in [0.1, 0.15) is 5.75 Å². The predicted octanol–water partition coefficient (Wildman–Crippen LogP) is 4.60. The third kappa shape index (κ3) is 4.59. The molecule has 0 fully saturated rings. The maximum Gasteiger partial charge on any atom is 0.270 e. The fourth-order valence-corrected chi connectivity index (χ4v) is 3.60. The summed E-state index contributed by atoms with van der Waals surface area (Å²) in [6.45, 7) is 1.92. The van der Waals surface area contributed by atoms with Crippen LogP contribution in [0.1, 0.15) is 21.5 Å². The van der Waals surface area contributed by atoms with E-state index in [0.29, 0.717) is 22.5 Å². The van der Waals surface area contributed by atoms with Crippen molar-refractivity contribution in [1.29, 1.82) is 0 Å². The van der Waals surface area contributed by atoms with Gasteiger partial charge >= 0.3 is 0 Å². The Balaban J connectivity index is 1.78. The second kappa shape index (κ2) is 8.96. The third-order valence-corrected chi connectivity index (χ3v) is 5.34.